The summed E-state index contributed by atoms with van der Waals surface area (Å²) in [6, 6.07) is 0. The summed E-state index contributed by atoms with van der Waals surface area (Å²) in [5.74, 6) is 0. The van der Waals surface area contributed by atoms with E-state index in [9.17, 15) is 4.79 Å². The van der Waals surface area contributed by atoms with E-state index in [4.69, 9.17) is 0 Å². The van der Waals surface area contributed by atoms with Crippen LogP contribution in [0.1, 0.15) is 6.92 Å². The van der Waals surface area contributed by atoms with Crippen LogP contribution in [0.5, 0.6) is 0 Å². The number of hydrogen-bond acceptors (Lipinski definition) is 4. The molecule has 0 rings (SSSR count). The van der Waals surface area contributed by atoms with Crippen LogP contribution in [0.15, 0.2) is 0 Å². The van der Waals surface area contributed by atoms with Crippen LogP contribution in [0, 0.1) is 0 Å². The van der Waals surface area contributed by atoms with Crippen molar-refractivity contribution < 1.29 is 14.3 Å². The molecule has 0 amide bonds. The lowest BCUT2D eigenvalue weighted by Crippen LogP contribution is -2.17. The Morgan fingerprint density at radius 2 is 2.20 bits per heavy atom. The van der Waals surface area contributed by atoms with Gasteiger partial charge in [-0.15, -0.1) is 0 Å². The molecule has 0 atom stereocenters. The molecule has 0 aromatic rings. The zero-order chi connectivity index (χ0) is 7.82. The molecule has 1 N–H and O–H groups in total. The molecular weight excluding hydrogens is 134 g/mol. The van der Waals surface area contributed by atoms with E-state index in [1.807, 2.05) is 0 Å². The van der Waals surface area contributed by atoms with Gasteiger partial charge in [0.25, 0.3) is 0 Å². The van der Waals surface area contributed by atoms with E-state index in [1.165, 1.54) is 0 Å². The predicted octanol–water partition coefficient (Wildman–Crippen LogP) is 0.379. The summed E-state index contributed by atoms with van der Waals surface area (Å²) in [6.45, 7) is 3.10. The maximum Gasteiger partial charge on any atom is 0.508 e. The third-order valence-corrected chi connectivity index (χ3v) is 0.834. The van der Waals surface area contributed by atoms with Crippen molar-refractivity contribution in [2.24, 2.45) is 0 Å². The van der Waals surface area contributed by atoms with Crippen molar-refractivity contribution in [3.05, 3.63) is 0 Å². The third-order valence-electron chi connectivity index (χ3n) is 0.834. The van der Waals surface area contributed by atoms with Gasteiger partial charge in [-0.1, -0.05) is 0 Å². The lowest BCUT2D eigenvalue weighted by atomic mass is 10.7. The zero-order valence-electron chi connectivity index (χ0n) is 6.35. The van der Waals surface area contributed by atoms with Gasteiger partial charge in [-0.25, -0.2) is 4.79 Å². The number of hydrogen-bond donors (Lipinski definition) is 1. The lowest BCUT2D eigenvalue weighted by Gasteiger charge is -2.02. The minimum absolute atomic E-state index is 0.356. The second kappa shape index (κ2) is 6.35. The fraction of sp³-hybridized carbons (Fsp3) is 0.833. The average Bonchev–Trinajstić information content (AvgIpc) is 1.89. The summed E-state index contributed by atoms with van der Waals surface area (Å²) >= 11 is 0. The van der Waals surface area contributed by atoms with Gasteiger partial charge in [0.15, 0.2) is 0 Å². The van der Waals surface area contributed by atoms with Gasteiger partial charge in [0.2, 0.25) is 0 Å². The fourth-order valence-corrected chi connectivity index (χ4v) is 0.396. The standard InChI is InChI=1S/C6H13NO3/c1-3-9-6(8)10-5-4-7-2/h7H,3-5H2,1-2H3. The number of likely N-dealkylation sites (N-methyl/N-ethyl adjacent to an activating group) is 1. The van der Waals surface area contributed by atoms with Crippen molar-refractivity contribution in [3.8, 4) is 0 Å². The summed E-state index contributed by atoms with van der Waals surface area (Å²) in [4.78, 5) is 10.4. The summed E-state index contributed by atoms with van der Waals surface area (Å²) < 4.78 is 9.10. The van der Waals surface area contributed by atoms with Gasteiger partial charge in [0.05, 0.1) is 6.61 Å². The van der Waals surface area contributed by atoms with Crippen LogP contribution in [0.2, 0.25) is 0 Å². The summed E-state index contributed by atoms with van der Waals surface area (Å²) in [6.07, 6.45) is -0.599. The number of rotatable bonds is 4. The number of carbonyl (C=O) groups is 1. The van der Waals surface area contributed by atoms with Crippen LogP contribution in [-0.2, 0) is 9.47 Å². The van der Waals surface area contributed by atoms with Gasteiger partial charge in [0.1, 0.15) is 6.61 Å². The molecule has 0 aliphatic carbocycles. The molecule has 0 aliphatic rings. The van der Waals surface area contributed by atoms with E-state index in [1.54, 1.807) is 14.0 Å². The lowest BCUT2D eigenvalue weighted by molar-refractivity contribution is 0.0601. The quantitative estimate of drug-likeness (QED) is 0.461. The zero-order valence-corrected chi connectivity index (χ0v) is 6.35. The molecule has 0 aromatic carbocycles. The number of carbonyl (C=O) groups excluding carboxylic acids is 1. The molecule has 0 fully saturated rings. The average molecular weight is 147 g/mol. The molecule has 0 bridgehead atoms. The monoisotopic (exact) mass is 147 g/mol. The van der Waals surface area contributed by atoms with E-state index < -0.39 is 6.16 Å². The van der Waals surface area contributed by atoms with Crippen LogP contribution in [0.3, 0.4) is 0 Å². The highest BCUT2D eigenvalue weighted by Crippen LogP contribution is 1.82. The second-order valence-corrected chi connectivity index (χ2v) is 1.64. The van der Waals surface area contributed by atoms with E-state index in [-0.39, 0.29) is 0 Å². The van der Waals surface area contributed by atoms with Gasteiger partial charge in [-0.05, 0) is 14.0 Å². The first kappa shape index (κ1) is 9.23. The van der Waals surface area contributed by atoms with Crippen LogP contribution < -0.4 is 5.32 Å². The molecule has 0 saturated carbocycles. The first-order valence-electron chi connectivity index (χ1n) is 3.25. The Morgan fingerprint density at radius 1 is 1.50 bits per heavy atom. The Morgan fingerprint density at radius 3 is 2.70 bits per heavy atom. The number of ether oxygens (including phenoxy) is 2. The molecule has 10 heavy (non-hydrogen) atoms. The Hall–Kier alpha value is -0.770. The van der Waals surface area contributed by atoms with E-state index in [0.717, 1.165) is 0 Å². The predicted molar refractivity (Wildman–Crippen MR) is 36.9 cm³/mol. The Kier molecular flexibility index (Phi) is 5.86. The van der Waals surface area contributed by atoms with Gasteiger partial charge < -0.3 is 14.8 Å². The van der Waals surface area contributed by atoms with Crippen LogP contribution >= 0.6 is 0 Å². The Labute approximate surface area is 60.5 Å². The van der Waals surface area contributed by atoms with Crippen molar-refractivity contribution in [1.29, 1.82) is 0 Å². The third kappa shape index (κ3) is 5.37. The Bertz CT molecular complexity index is 95.0. The van der Waals surface area contributed by atoms with Gasteiger partial charge >= 0.3 is 6.16 Å². The minimum Gasteiger partial charge on any atom is -0.435 e. The molecule has 0 spiro atoms. The topological polar surface area (TPSA) is 47.6 Å². The number of nitrogens with one attached hydrogen (secondary N) is 1. The molecule has 0 aliphatic heterocycles. The Balaban J connectivity index is 3.05. The highest BCUT2D eigenvalue weighted by molar-refractivity contribution is 5.59. The van der Waals surface area contributed by atoms with Gasteiger partial charge in [0, 0.05) is 6.54 Å². The minimum atomic E-state index is -0.599. The molecule has 0 unspecified atom stereocenters. The highest BCUT2D eigenvalue weighted by Gasteiger charge is 1.98. The maximum absolute atomic E-state index is 10.4. The summed E-state index contributed by atoms with van der Waals surface area (Å²) in [7, 11) is 1.79. The second-order valence-electron chi connectivity index (χ2n) is 1.64. The SMILES string of the molecule is CCOC(=O)OCCNC. The summed E-state index contributed by atoms with van der Waals surface area (Å²) in [5.41, 5.74) is 0. The van der Waals surface area contributed by atoms with Crippen molar-refractivity contribution in [2.45, 2.75) is 6.92 Å². The van der Waals surface area contributed by atoms with Gasteiger partial charge in [-0.3, -0.25) is 0 Å². The van der Waals surface area contributed by atoms with Crippen LogP contribution in [0.25, 0.3) is 0 Å². The van der Waals surface area contributed by atoms with E-state index in [2.05, 4.69) is 14.8 Å². The fourth-order valence-electron chi connectivity index (χ4n) is 0.396. The normalized spacial score (nSPS) is 9.00. The molecule has 4 heteroatoms. The van der Waals surface area contributed by atoms with Crippen LogP contribution in [0.4, 0.5) is 4.79 Å². The largest absolute Gasteiger partial charge is 0.508 e. The van der Waals surface area contributed by atoms with Crippen LogP contribution in [-0.4, -0.2) is 33.0 Å². The van der Waals surface area contributed by atoms with Crippen molar-refractivity contribution in [3.63, 3.8) is 0 Å². The van der Waals surface area contributed by atoms with Crippen molar-refractivity contribution in [2.75, 3.05) is 26.8 Å². The first-order valence-corrected chi connectivity index (χ1v) is 3.25. The molecular formula is C6H13NO3. The smallest absolute Gasteiger partial charge is 0.435 e. The molecule has 0 radical (unpaired) electrons. The summed E-state index contributed by atoms with van der Waals surface area (Å²) in [5, 5.41) is 2.83. The molecule has 0 aromatic heterocycles. The highest BCUT2D eigenvalue weighted by atomic mass is 16.7. The molecule has 4 nitrogen and oxygen atoms in total. The maximum atomic E-state index is 10.4. The molecule has 60 valence electrons. The first-order chi connectivity index (χ1) is 4.81. The van der Waals surface area contributed by atoms with E-state index in [0.29, 0.717) is 19.8 Å². The van der Waals surface area contributed by atoms with E-state index >= 15 is 0 Å². The van der Waals surface area contributed by atoms with Gasteiger partial charge in [-0.2, -0.15) is 0 Å². The molecule has 0 heterocycles. The molecule has 0 saturated heterocycles. The van der Waals surface area contributed by atoms with Crippen molar-refractivity contribution in [1.82, 2.24) is 5.32 Å². The van der Waals surface area contributed by atoms with Crippen molar-refractivity contribution >= 4 is 6.16 Å².